The first kappa shape index (κ1) is 12.0. The molecule has 0 aromatic heterocycles. The molecule has 2 aliphatic heterocycles. The highest BCUT2D eigenvalue weighted by Gasteiger charge is 2.46. The zero-order valence-corrected chi connectivity index (χ0v) is 11.7. The van der Waals surface area contributed by atoms with E-state index in [0.29, 0.717) is 17.5 Å². The van der Waals surface area contributed by atoms with Gasteiger partial charge in [-0.2, -0.15) is 0 Å². The second-order valence-corrected chi connectivity index (χ2v) is 6.54. The summed E-state index contributed by atoms with van der Waals surface area (Å²) in [5.41, 5.74) is 3.21. The van der Waals surface area contributed by atoms with E-state index in [1.165, 1.54) is 30.6 Å². The van der Waals surface area contributed by atoms with Gasteiger partial charge in [-0.3, -0.25) is 0 Å². The lowest BCUT2D eigenvalue weighted by molar-refractivity contribution is 0.291. The third-order valence-electron chi connectivity index (χ3n) is 4.68. The third-order valence-corrected chi connectivity index (χ3v) is 4.68. The fourth-order valence-electron chi connectivity index (χ4n) is 3.83. The highest BCUT2D eigenvalue weighted by molar-refractivity contribution is 5.55. The standard InChI is InChI=1S/C16H24N2/c1-12-7-4-5-9-14(12)18-10-6-8-13-15(18)16(2,3)11-17-13/h4-5,7,9,13,15,17H,6,8,10-11H2,1-3H3. The SMILES string of the molecule is Cc1ccccc1N1CCCC2NCC(C)(C)C21. The van der Waals surface area contributed by atoms with Gasteiger partial charge >= 0.3 is 0 Å². The lowest BCUT2D eigenvalue weighted by Gasteiger charge is -2.45. The van der Waals surface area contributed by atoms with E-state index in [2.05, 4.69) is 55.3 Å². The first-order valence-electron chi connectivity index (χ1n) is 7.15. The summed E-state index contributed by atoms with van der Waals surface area (Å²) in [6.07, 6.45) is 2.63. The van der Waals surface area contributed by atoms with E-state index < -0.39 is 0 Å². The largest absolute Gasteiger partial charge is 0.366 e. The maximum Gasteiger partial charge on any atom is 0.0506 e. The number of nitrogens with one attached hydrogen (secondary N) is 1. The summed E-state index contributed by atoms with van der Waals surface area (Å²) >= 11 is 0. The van der Waals surface area contributed by atoms with Gasteiger partial charge in [0.2, 0.25) is 0 Å². The zero-order chi connectivity index (χ0) is 12.8. The van der Waals surface area contributed by atoms with Gasteiger partial charge in [-0.05, 0) is 36.8 Å². The molecule has 0 aliphatic carbocycles. The van der Waals surface area contributed by atoms with Gasteiger partial charge in [0, 0.05) is 24.8 Å². The second kappa shape index (κ2) is 4.27. The topological polar surface area (TPSA) is 15.3 Å². The van der Waals surface area contributed by atoms with E-state index in [0.717, 1.165) is 6.54 Å². The number of rotatable bonds is 1. The molecule has 2 aliphatic rings. The lowest BCUT2D eigenvalue weighted by atomic mass is 9.80. The highest BCUT2D eigenvalue weighted by atomic mass is 15.2. The number of benzene rings is 1. The zero-order valence-electron chi connectivity index (χ0n) is 11.7. The van der Waals surface area contributed by atoms with Crippen molar-refractivity contribution in [3.05, 3.63) is 29.8 Å². The number of hydrogen-bond donors (Lipinski definition) is 1. The van der Waals surface area contributed by atoms with Crippen molar-refractivity contribution in [1.29, 1.82) is 0 Å². The average molecular weight is 244 g/mol. The molecule has 0 amide bonds. The molecule has 2 heteroatoms. The molecule has 2 unspecified atom stereocenters. The Balaban J connectivity index is 1.98. The Morgan fingerprint density at radius 1 is 1.28 bits per heavy atom. The van der Waals surface area contributed by atoms with Crippen LogP contribution in [0.3, 0.4) is 0 Å². The number of aryl methyl sites for hydroxylation is 1. The Hall–Kier alpha value is -1.02. The van der Waals surface area contributed by atoms with Crippen LogP contribution in [-0.2, 0) is 0 Å². The molecule has 0 bridgehead atoms. The van der Waals surface area contributed by atoms with Gasteiger partial charge < -0.3 is 10.2 Å². The molecule has 0 spiro atoms. The van der Waals surface area contributed by atoms with Crippen LogP contribution >= 0.6 is 0 Å². The Labute approximate surface area is 110 Å². The molecule has 2 fully saturated rings. The Morgan fingerprint density at radius 2 is 2.06 bits per heavy atom. The lowest BCUT2D eigenvalue weighted by Crippen LogP contribution is -2.53. The smallest absolute Gasteiger partial charge is 0.0506 e. The fraction of sp³-hybridized carbons (Fsp3) is 0.625. The third kappa shape index (κ3) is 1.83. The molecule has 1 aromatic carbocycles. The van der Waals surface area contributed by atoms with Crippen molar-refractivity contribution in [1.82, 2.24) is 5.32 Å². The van der Waals surface area contributed by atoms with Crippen LogP contribution in [0.2, 0.25) is 0 Å². The van der Waals surface area contributed by atoms with Crippen LogP contribution in [-0.4, -0.2) is 25.2 Å². The first-order valence-corrected chi connectivity index (χ1v) is 7.15. The first-order chi connectivity index (χ1) is 8.59. The monoisotopic (exact) mass is 244 g/mol. The van der Waals surface area contributed by atoms with Crippen LogP contribution in [0.4, 0.5) is 5.69 Å². The van der Waals surface area contributed by atoms with Crippen LogP contribution in [0.5, 0.6) is 0 Å². The quantitative estimate of drug-likeness (QED) is 0.817. The van der Waals surface area contributed by atoms with E-state index >= 15 is 0 Å². The summed E-state index contributed by atoms with van der Waals surface area (Å²) in [5, 5.41) is 3.73. The van der Waals surface area contributed by atoms with Gasteiger partial charge in [-0.25, -0.2) is 0 Å². The van der Waals surface area contributed by atoms with E-state index in [-0.39, 0.29) is 0 Å². The van der Waals surface area contributed by atoms with Crippen molar-refractivity contribution >= 4 is 5.69 Å². The van der Waals surface area contributed by atoms with E-state index in [9.17, 15) is 0 Å². The molecule has 2 saturated heterocycles. The molecule has 18 heavy (non-hydrogen) atoms. The molecule has 3 rings (SSSR count). The maximum atomic E-state index is 3.73. The minimum Gasteiger partial charge on any atom is -0.366 e. The molecule has 98 valence electrons. The number of anilines is 1. The summed E-state index contributed by atoms with van der Waals surface area (Å²) in [6, 6.07) is 10.1. The number of hydrogen-bond acceptors (Lipinski definition) is 2. The second-order valence-electron chi connectivity index (χ2n) is 6.54. The highest BCUT2D eigenvalue weighted by Crippen LogP contribution is 2.40. The summed E-state index contributed by atoms with van der Waals surface area (Å²) in [6.45, 7) is 9.39. The molecular weight excluding hydrogens is 220 g/mol. The molecule has 0 saturated carbocycles. The van der Waals surface area contributed by atoms with Gasteiger partial charge in [-0.1, -0.05) is 32.0 Å². The Kier molecular flexibility index (Phi) is 2.86. The number of piperidine rings is 1. The van der Waals surface area contributed by atoms with E-state index in [1.54, 1.807) is 0 Å². The van der Waals surface area contributed by atoms with Crippen molar-refractivity contribution < 1.29 is 0 Å². The van der Waals surface area contributed by atoms with Gasteiger partial charge in [-0.15, -0.1) is 0 Å². The predicted molar refractivity (Wildman–Crippen MR) is 77.1 cm³/mol. The van der Waals surface area contributed by atoms with Gasteiger partial charge in [0.1, 0.15) is 0 Å². The van der Waals surface area contributed by atoms with Crippen molar-refractivity contribution in [2.24, 2.45) is 5.41 Å². The van der Waals surface area contributed by atoms with Gasteiger partial charge in [0.15, 0.2) is 0 Å². The van der Waals surface area contributed by atoms with Gasteiger partial charge in [0.05, 0.1) is 6.04 Å². The van der Waals surface area contributed by atoms with Crippen LogP contribution < -0.4 is 10.2 Å². The molecular formula is C16H24N2. The average Bonchev–Trinajstić information content (AvgIpc) is 2.67. The predicted octanol–water partition coefficient (Wildman–Crippen LogP) is 2.96. The molecule has 0 radical (unpaired) electrons. The van der Waals surface area contributed by atoms with Crippen molar-refractivity contribution in [3.63, 3.8) is 0 Å². The molecule has 1 aromatic rings. The van der Waals surface area contributed by atoms with Crippen LogP contribution in [0, 0.1) is 12.3 Å². The Morgan fingerprint density at radius 3 is 2.83 bits per heavy atom. The minimum absolute atomic E-state index is 0.368. The number of fused-ring (bicyclic) bond motifs is 1. The van der Waals surface area contributed by atoms with Crippen LogP contribution in [0.1, 0.15) is 32.3 Å². The number of para-hydroxylation sites is 1. The maximum absolute atomic E-state index is 3.73. The molecule has 2 heterocycles. The molecule has 1 N–H and O–H groups in total. The van der Waals surface area contributed by atoms with Crippen LogP contribution in [0.15, 0.2) is 24.3 Å². The fourth-order valence-corrected chi connectivity index (χ4v) is 3.83. The Bertz CT molecular complexity index is 438. The summed E-state index contributed by atoms with van der Waals surface area (Å²) in [4.78, 5) is 2.66. The minimum atomic E-state index is 0.368. The molecule has 2 nitrogen and oxygen atoms in total. The summed E-state index contributed by atoms with van der Waals surface area (Å²) < 4.78 is 0. The summed E-state index contributed by atoms with van der Waals surface area (Å²) in [5.74, 6) is 0. The van der Waals surface area contributed by atoms with Gasteiger partial charge in [0.25, 0.3) is 0 Å². The van der Waals surface area contributed by atoms with Crippen molar-refractivity contribution in [2.45, 2.75) is 45.7 Å². The number of nitrogens with zero attached hydrogens (tertiary/aromatic N) is 1. The van der Waals surface area contributed by atoms with E-state index in [4.69, 9.17) is 0 Å². The van der Waals surface area contributed by atoms with E-state index in [1.807, 2.05) is 0 Å². The normalized spacial score (nSPS) is 30.3. The van der Waals surface area contributed by atoms with Crippen LogP contribution in [0.25, 0.3) is 0 Å². The molecule has 2 atom stereocenters. The van der Waals surface area contributed by atoms with Crippen molar-refractivity contribution in [2.75, 3.05) is 18.0 Å². The van der Waals surface area contributed by atoms with Crippen molar-refractivity contribution in [3.8, 4) is 0 Å². The summed E-state index contributed by atoms with van der Waals surface area (Å²) in [7, 11) is 0.